The second kappa shape index (κ2) is 4.80. The molecule has 0 fully saturated rings. The summed E-state index contributed by atoms with van der Waals surface area (Å²) < 4.78 is 9.89. The van der Waals surface area contributed by atoms with E-state index in [0.29, 0.717) is 0 Å². The number of rotatable bonds is 4. The van der Waals surface area contributed by atoms with Crippen LogP contribution in [0, 0.1) is 0 Å². The predicted octanol–water partition coefficient (Wildman–Crippen LogP) is 1.88. The molecule has 0 atom stereocenters. The van der Waals surface area contributed by atoms with E-state index in [1.54, 1.807) is 13.8 Å². The lowest BCUT2D eigenvalue weighted by atomic mass is 10.4. The van der Waals surface area contributed by atoms with Gasteiger partial charge in [-0.3, -0.25) is 0 Å². The number of esters is 1. The van der Waals surface area contributed by atoms with Gasteiger partial charge in [-0.2, -0.15) is 0 Å². The van der Waals surface area contributed by atoms with Gasteiger partial charge in [0.2, 0.25) is 0 Å². The molecule has 0 heterocycles. The molecule has 0 saturated carbocycles. The molecule has 0 bridgehead atoms. The van der Waals surface area contributed by atoms with Gasteiger partial charge >= 0.3 is 5.97 Å². The van der Waals surface area contributed by atoms with Crippen molar-refractivity contribution in [2.45, 2.75) is 39.9 Å². The molecule has 0 unspecified atom stereocenters. The van der Waals surface area contributed by atoms with Crippen LogP contribution in [0.3, 0.4) is 0 Å². The molecule has 0 aliphatic carbocycles. The highest BCUT2D eigenvalue weighted by molar-refractivity contribution is 5.85. The van der Waals surface area contributed by atoms with E-state index in [1.165, 1.54) is 0 Å². The fourth-order valence-electron chi connectivity index (χ4n) is 0.612. The number of carbonyl (C=O) groups excluding carboxylic acids is 1. The Hall–Kier alpha value is -0.990. The van der Waals surface area contributed by atoms with Gasteiger partial charge in [-0.25, -0.2) is 4.79 Å². The average molecular weight is 172 g/mol. The topological polar surface area (TPSA) is 35.5 Å². The van der Waals surface area contributed by atoms with Crippen molar-refractivity contribution in [3.63, 3.8) is 0 Å². The monoisotopic (exact) mass is 172 g/mol. The molecule has 70 valence electrons. The Kier molecular flexibility index (Phi) is 4.40. The summed E-state index contributed by atoms with van der Waals surface area (Å²) in [5.41, 5.74) is 0. The van der Waals surface area contributed by atoms with Crippen molar-refractivity contribution in [1.82, 2.24) is 0 Å². The Morgan fingerprint density at radius 2 is 1.50 bits per heavy atom. The van der Waals surface area contributed by atoms with Crippen LogP contribution in [0.1, 0.15) is 27.7 Å². The molecule has 3 heteroatoms. The van der Waals surface area contributed by atoms with Crippen LogP contribution in [-0.2, 0) is 14.3 Å². The SMILES string of the molecule is C=C(OC(C)C)C(=O)OC(C)C. The summed E-state index contributed by atoms with van der Waals surface area (Å²) >= 11 is 0. The van der Waals surface area contributed by atoms with E-state index in [0.717, 1.165) is 0 Å². The van der Waals surface area contributed by atoms with Crippen LogP contribution >= 0.6 is 0 Å². The van der Waals surface area contributed by atoms with Crippen molar-refractivity contribution in [1.29, 1.82) is 0 Å². The summed E-state index contributed by atoms with van der Waals surface area (Å²) in [4.78, 5) is 11.0. The Morgan fingerprint density at radius 1 is 1.08 bits per heavy atom. The van der Waals surface area contributed by atoms with Gasteiger partial charge in [0.15, 0.2) is 5.76 Å². The number of hydrogen-bond donors (Lipinski definition) is 0. The molecule has 0 aromatic carbocycles. The first kappa shape index (κ1) is 11.0. The van der Waals surface area contributed by atoms with Crippen LogP contribution in [0.15, 0.2) is 12.3 Å². The third-order valence-corrected chi connectivity index (χ3v) is 0.948. The van der Waals surface area contributed by atoms with E-state index in [-0.39, 0.29) is 18.0 Å². The molecule has 0 aromatic rings. The van der Waals surface area contributed by atoms with Gasteiger partial charge in [-0.05, 0) is 34.3 Å². The second-order valence-corrected chi connectivity index (χ2v) is 3.04. The van der Waals surface area contributed by atoms with E-state index in [1.807, 2.05) is 13.8 Å². The van der Waals surface area contributed by atoms with Gasteiger partial charge in [0.05, 0.1) is 12.2 Å². The van der Waals surface area contributed by atoms with Crippen molar-refractivity contribution in [3.05, 3.63) is 12.3 Å². The molecular formula is C9H16O3. The van der Waals surface area contributed by atoms with E-state index in [9.17, 15) is 4.79 Å². The normalized spacial score (nSPS) is 10.2. The first-order valence-corrected chi connectivity index (χ1v) is 4.00. The fraction of sp³-hybridized carbons (Fsp3) is 0.667. The van der Waals surface area contributed by atoms with Crippen molar-refractivity contribution in [3.8, 4) is 0 Å². The Labute approximate surface area is 73.4 Å². The Morgan fingerprint density at radius 3 is 1.83 bits per heavy atom. The predicted molar refractivity (Wildman–Crippen MR) is 46.6 cm³/mol. The highest BCUT2D eigenvalue weighted by Crippen LogP contribution is 2.03. The summed E-state index contributed by atoms with van der Waals surface area (Å²) in [6, 6.07) is 0. The van der Waals surface area contributed by atoms with Crippen LogP contribution in [0.25, 0.3) is 0 Å². The largest absolute Gasteiger partial charge is 0.484 e. The molecule has 12 heavy (non-hydrogen) atoms. The Balaban J connectivity index is 3.86. The van der Waals surface area contributed by atoms with Gasteiger partial charge in [0.1, 0.15) is 0 Å². The third kappa shape index (κ3) is 4.77. The van der Waals surface area contributed by atoms with Crippen molar-refractivity contribution < 1.29 is 14.3 Å². The van der Waals surface area contributed by atoms with Gasteiger partial charge in [0, 0.05) is 0 Å². The van der Waals surface area contributed by atoms with Gasteiger partial charge < -0.3 is 9.47 Å². The lowest BCUT2D eigenvalue weighted by Crippen LogP contribution is -2.16. The zero-order valence-corrected chi connectivity index (χ0v) is 8.09. The average Bonchev–Trinajstić information content (AvgIpc) is 1.84. The minimum absolute atomic E-state index is 0.0442. The van der Waals surface area contributed by atoms with E-state index in [4.69, 9.17) is 9.47 Å². The molecule has 0 radical (unpaired) electrons. The molecular weight excluding hydrogens is 156 g/mol. The summed E-state index contributed by atoms with van der Waals surface area (Å²) in [5, 5.41) is 0. The van der Waals surface area contributed by atoms with Crippen LogP contribution in [0.2, 0.25) is 0 Å². The highest BCUT2D eigenvalue weighted by atomic mass is 16.6. The molecule has 3 nitrogen and oxygen atoms in total. The van der Waals surface area contributed by atoms with E-state index >= 15 is 0 Å². The maximum absolute atomic E-state index is 11.0. The minimum atomic E-state index is -0.487. The minimum Gasteiger partial charge on any atom is -0.484 e. The van der Waals surface area contributed by atoms with E-state index in [2.05, 4.69) is 6.58 Å². The molecule has 0 aliphatic heterocycles. The molecule has 0 amide bonds. The zero-order chi connectivity index (χ0) is 9.72. The summed E-state index contributed by atoms with van der Waals surface area (Å²) in [5.74, 6) is -0.419. The maximum Gasteiger partial charge on any atom is 0.373 e. The highest BCUT2D eigenvalue weighted by Gasteiger charge is 2.12. The first-order valence-electron chi connectivity index (χ1n) is 4.00. The second-order valence-electron chi connectivity index (χ2n) is 3.04. The summed E-state index contributed by atoms with van der Waals surface area (Å²) in [7, 11) is 0. The van der Waals surface area contributed by atoms with Gasteiger partial charge in [-0.1, -0.05) is 0 Å². The van der Waals surface area contributed by atoms with Crippen molar-refractivity contribution >= 4 is 5.97 Å². The van der Waals surface area contributed by atoms with Gasteiger partial charge in [0.25, 0.3) is 0 Å². The smallest absolute Gasteiger partial charge is 0.373 e. The standard InChI is InChI=1S/C9H16O3/c1-6(2)11-8(5)9(10)12-7(3)4/h6-7H,5H2,1-4H3. The molecule has 0 aromatic heterocycles. The maximum atomic E-state index is 11.0. The summed E-state index contributed by atoms with van der Waals surface area (Å²) in [6.45, 7) is 10.7. The lowest BCUT2D eigenvalue weighted by molar-refractivity contribution is -0.147. The molecule has 0 spiro atoms. The van der Waals surface area contributed by atoms with Crippen LogP contribution < -0.4 is 0 Å². The van der Waals surface area contributed by atoms with E-state index < -0.39 is 5.97 Å². The molecule has 0 rings (SSSR count). The van der Waals surface area contributed by atoms with Gasteiger partial charge in [-0.15, -0.1) is 0 Å². The van der Waals surface area contributed by atoms with Crippen molar-refractivity contribution in [2.24, 2.45) is 0 Å². The van der Waals surface area contributed by atoms with Crippen LogP contribution in [-0.4, -0.2) is 18.2 Å². The van der Waals surface area contributed by atoms with Crippen molar-refractivity contribution in [2.75, 3.05) is 0 Å². The Bertz CT molecular complexity index is 151. The van der Waals surface area contributed by atoms with Crippen LogP contribution in [0.5, 0.6) is 0 Å². The number of ether oxygens (including phenoxy) is 2. The number of hydrogen-bond acceptors (Lipinski definition) is 3. The lowest BCUT2D eigenvalue weighted by Gasteiger charge is -2.13. The summed E-state index contributed by atoms with van der Waals surface area (Å²) in [6.07, 6.45) is -0.178. The fourth-order valence-corrected chi connectivity index (χ4v) is 0.612. The first-order chi connectivity index (χ1) is 5.43. The number of carbonyl (C=O) groups is 1. The quantitative estimate of drug-likeness (QED) is 0.369. The third-order valence-electron chi connectivity index (χ3n) is 0.948. The molecule has 0 saturated heterocycles. The molecule has 0 aliphatic rings. The zero-order valence-electron chi connectivity index (χ0n) is 8.09. The molecule has 0 N–H and O–H groups in total. The van der Waals surface area contributed by atoms with Crippen LogP contribution in [0.4, 0.5) is 0 Å².